The second-order valence-electron chi connectivity index (χ2n) is 5.02. The highest BCUT2D eigenvalue weighted by molar-refractivity contribution is 5.38. The Balaban J connectivity index is 2.33. The molecular weight excluding hydrogens is 198 g/mol. The SMILES string of the molecule is CCCC1(c2ccccc2)CC1(CN)CO. The Morgan fingerprint density at radius 3 is 2.44 bits per heavy atom. The first kappa shape index (κ1) is 11.6. The summed E-state index contributed by atoms with van der Waals surface area (Å²) >= 11 is 0. The second-order valence-corrected chi connectivity index (χ2v) is 5.02. The molecule has 0 spiro atoms. The predicted octanol–water partition coefficient (Wildman–Crippen LogP) is 2.07. The number of benzene rings is 1. The molecule has 2 heteroatoms. The van der Waals surface area contributed by atoms with Gasteiger partial charge >= 0.3 is 0 Å². The summed E-state index contributed by atoms with van der Waals surface area (Å²) in [6.45, 7) is 2.98. The quantitative estimate of drug-likeness (QED) is 0.796. The van der Waals surface area contributed by atoms with Gasteiger partial charge in [-0.15, -0.1) is 0 Å². The van der Waals surface area contributed by atoms with Gasteiger partial charge in [-0.2, -0.15) is 0 Å². The van der Waals surface area contributed by atoms with Crippen molar-refractivity contribution in [3.05, 3.63) is 35.9 Å². The molecule has 2 rings (SSSR count). The molecule has 2 atom stereocenters. The van der Waals surface area contributed by atoms with Gasteiger partial charge in [0, 0.05) is 17.4 Å². The highest BCUT2D eigenvalue weighted by atomic mass is 16.3. The van der Waals surface area contributed by atoms with E-state index in [0.29, 0.717) is 6.54 Å². The van der Waals surface area contributed by atoms with Crippen LogP contribution in [0.25, 0.3) is 0 Å². The third kappa shape index (κ3) is 1.48. The van der Waals surface area contributed by atoms with Crippen molar-refractivity contribution in [1.82, 2.24) is 0 Å². The zero-order valence-corrected chi connectivity index (χ0v) is 9.95. The Bertz CT molecular complexity index is 345. The molecule has 16 heavy (non-hydrogen) atoms. The van der Waals surface area contributed by atoms with Crippen LogP contribution in [0.3, 0.4) is 0 Å². The monoisotopic (exact) mass is 219 g/mol. The molecule has 0 aliphatic heterocycles. The Morgan fingerprint density at radius 1 is 1.31 bits per heavy atom. The van der Waals surface area contributed by atoms with Crippen LogP contribution in [0.4, 0.5) is 0 Å². The van der Waals surface area contributed by atoms with E-state index in [1.807, 2.05) is 6.07 Å². The normalized spacial score (nSPS) is 32.7. The van der Waals surface area contributed by atoms with Crippen LogP contribution in [0, 0.1) is 5.41 Å². The van der Waals surface area contributed by atoms with Gasteiger partial charge in [0.1, 0.15) is 0 Å². The van der Waals surface area contributed by atoms with E-state index in [4.69, 9.17) is 5.73 Å². The number of aliphatic hydroxyl groups is 1. The minimum atomic E-state index is -0.0651. The summed E-state index contributed by atoms with van der Waals surface area (Å²) in [4.78, 5) is 0. The summed E-state index contributed by atoms with van der Waals surface area (Å²) in [5.41, 5.74) is 7.27. The molecule has 1 fully saturated rings. The van der Waals surface area contributed by atoms with Crippen LogP contribution >= 0.6 is 0 Å². The number of nitrogens with two attached hydrogens (primary N) is 1. The molecule has 3 N–H and O–H groups in total. The van der Waals surface area contributed by atoms with Gasteiger partial charge in [-0.05, 0) is 18.4 Å². The molecule has 0 saturated heterocycles. The standard InChI is InChI=1S/C14H21NO/c1-2-8-14(9-13(14,10-15)11-16)12-6-4-3-5-7-12/h3-7,16H,2,8-11,15H2,1H3. The van der Waals surface area contributed by atoms with Crippen LogP contribution in [0.15, 0.2) is 30.3 Å². The van der Waals surface area contributed by atoms with E-state index in [9.17, 15) is 5.11 Å². The molecule has 1 aromatic rings. The predicted molar refractivity (Wildman–Crippen MR) is 66.2 cm³/mol. The van der Waals surface area contributed by atoms with Crippen LogP contribution in [-0.2, 0) is 5.41 Å². The minimum absolute atomic E-state index is 0.0651. The van der Waals surface area contributed by atoms with E-state index in [1.54, 1.807) is 0 Å². The van der Waals surface area contributed by atoms with Crippen LogP contribution in [0.2, 0.25) is 0 Å². The van der Waals surface area contributed by atoms with E-state index >= 15 is 0 Å². The van der Waals surface area contributed by atoms with Crippen molar-refractivity contribution in [2.75, 3.05) is 13.2 Å². The molecule has 1 aliphatic rings. The maximum Gasteiger partial charge on any atom is 0.0508 e. The Morgan fingerprint density at radius 2 is 2.00 bits per heavy atom. The van der Waals surface area contributed by atoms with Gasteiger partial charge in [-0.3, -0.25) is 0 Å². The third-order valence-electron chi connectivity index (χ3n) is 4.23. The van der Waals surface area contributed by atoms with E-state index in [2.05, 4.69) is 31.2 Å². The van der Waals surface area contributed by atoms with Crippen molar-refractivity contribution in [3.8, 4) is 0 Å². The van der Waals surface area contributed by atoms with Crippen molar-refractivity contribution in [2.24, 2.45) is 11.1 Å². The lowest BCUT2D eigenvalue weighted by atomic mass is 9.83. The van der Waals surface area contributed by atoms with Gasteiger partial charge in [-0.1, -0.05) is 43.7 Å². The van der Waals surface area contributed by atoms with Crippen LogP contribution in [0.5, 0.6) is 0 Å². The van der Waals surface area contributed by atoms with E-state index in [0.717, 1.165) is 19.3 Å². The molecule has 1 aromatic carbocycles. The molecule has 2 unspecified atom stereocenters. The van der Waals surface area contributed by atoms with E-state index in [-0.39, 0.29) is 17.4 Å². The molecule has 0 bridgehead atoms. The first-order valence-electron chi connectivity index (χ1n) is 6.11. The number of hydrogen-bond donors (Lipinski definition) is 2. The van der Waals surface area contributed by atoms with Crippen molar-refractivity contribution < 1.29 is 5.11 Å². The van der Waals surface area contributed by atoms with E-state index < -0.39 is 0 Å². The fourth-order valence-corrected chi connectivity index (χ4v) is 3.16. The largest absolute Gasteiger partial charge is 0.396 e. The summed E-state index contributed by atoms with van der Waals surface area (Å²) < 4.78 is 0. The lowest BCUT2D eigenvalue weighted by molar-refractivity contribution is 0.192. The van der Waals surface area contributed by atoms with Crippen molar-refractivity contribution in [1.29, 1.82) is 0 Å². The maximum absolute atomic E-state index is 9.60. The maximum atomic E-state index is 9.60. The van der Waals surface area contributed by atoms with Gasteiger partial charge < -0.3 is 10.8 Å². The van der Waals surface area contributed by atoms with Crippen molar-refractivity contribution in [3.63, 3.8) is 0 Å². The summed E-state index contributed by atoms with van der Waals surface area (Å²) in [6, 6.07) is 10.5. The van der Waals surface area contributed by atoms with E-state index in [1.165, 1.54) is 5.56 Å². The Labute approximate surface area is 97.5 Å². The smallest absolute Gasteiger partial charge is 0.0508 e. The summed E-state index contributed by atoms with van der Waals surface area (Å²) in [5, 5.41) is 9.60. The first-order valence-corrected chi connectivity index (χ1v) is 6.11. The van der Waals surface area contributed by atoms with Crippen molar-refractivity contribution in [2.45, 2.75) is 31.6 Å². The molecule has 1 aliphatic carbocycles. The summed E-state index contributed by atoms with van der Waals surface area (Å²) in [5.74, 6) is 0. The molecule has 0 heterocycles. The van der Waals surface area contributed by atoms with Crippen LogP contribution in [-0.4, -0.2) is 18.3 Å². The highest BCUT2D eigenvalue weighted by Gasteiger charge is 2.65. The molecule has 0 amide bonds. The fraction of sp³-hybridized carbons (Fsp3) is 0.571. The number of rotatable bonds is 5. The number of aliphatic hydroxyl groups excluding tert-OH is 1. The lowest BCUT2D eigenvalue weighted by Crippen LogP contribution is -2.29. The molecule has 88 valence electrons. The first-order chi connectivity index (χ1) is 7.74. The summed E-state index contributed by atoms with van der Waals surface area (Å²) in [7, 11) is 0. The topological polar surface area (TPSA) is 46.2 Å². The molecule has 2 nitrogen and oxygen atoms in total. The summed E-state index contributed by atoms with van der Waals surface area (Å²) in [6.07, 6.45) is 3.29. The van der Waals surface area contributed by atoms with Gasteiger partial charge in [0.05, 0.1) is 6.61 Å². The molecule has 0 aromatic heterocycles. The van der Waals surface area contributed by atoms with Gasteiger partial charge in [0.2, 0.25) is 0 Å². The second kappa shape index (κ2) is 4.19. The van der Waals surface area contributed by atoms with Gasteiger partial charge in [0.15, 0.2) is 0 Å². The zero-order chi connectivity index (χ0) is 11.6. The molecular formula is C14H21NO. The fourth-order valence-electron chi connectivity index (χ4n) is 3.16. The van der Waals surface area contributed by atoms with Crippen LogP contribution in [0.1, 0.15) is 31.7 Å². The minimum Gasteiger partial charge on any atom is -0.396 e. The van der Waals surface area contributed by atoms with Crippen molar-refractivity contribution >= 4 is 0 Å². The lowest BCUT2D eigenvalue weighted by Gasteiger charge is -2.23. The van der Waals surface area contributed by atoms with Gasteiger partial charge in [0.25, 0.3) is 0 Å². The average molecular weight is 219 g/mol. The average Bonchev–Trinajstić information content (AvgIpc) is 3.01. The van der Waals surface area contributed by atoms with Crippen LogP contribution < -0.4 is 5.73 Å². The zero-order valence-electron chi connectivity index (χ0n) is 9.95. The number of hydrogen-bond acceptors (Lipinski definition) is 2. The Kier molecular flexibility index (Phi) is 3.04. The Hall–Kier alpha value is -0.860. The highest BCUT2D eigenvalue weighted by Crippen LogP contribution is 2.66. The molecule has 0 radical (unpaired) electrons. The third-order valence-corrected chi connectivity index (χ3v) is 4.23. The van der Waals surface area contributed by atoms with Gasteiger partial charge in [-0.25, -0.2) is 0 Å². The molecule has 1 saturated carbocycles.